The van der Waals surface area contributed by atoms with E-state index < -0.39 is 5.92 Å². The van der Waals surface area contributed by atoms with Crippen LogP contribution in [0.1, 0.15) is 62.5 Å². The number of nitrogens with zero attached hydrogens (tertiary/aromatic N) is 1. The molecule has 1 aliphatic rings. The van der Waals surface area contributed by atoms with E-state index in [-0.39, 0.29) is 12.4 Å². The molecule has 1 unspecified atom stereocenters. The summed E-state index contributed by atoms with van der Waals surface area (Å²) in [6, 6.07) is 7.83. The van der Waals surface area contributed by atoms with E-state index in [0.29, 0.717) is 5.92 Å². The maximum Gasteiger partial charge on any atom is 0.332 e. The number of hydroxylamine groups is 2. The predicted molar refractivity (Wildman–Crippen MR) is 85.5 cm³/mol. The minimum atomic E-state index is -0.516. The molecule has 2 rings (SSSR count). The summed E-state index contributed by atoms with van der Waals surface area (Å²) in [6.45, 7) is 5.75. The Morgan fingerprint density at radius 1 is 1.18 bits per heavy atom. The molecule has 4 nitrogen and oxygen atoms in total. The lowest BCUT2D eigenvalue weighted by molar-refractivity contribution is -0.196. The van der Waals surface area contributed by atoms with Gasteiger partial charge >= 0.3 is 5.97 Å². The normalized spacial score (nSPS) is 17.2. The van der Waals surface area contributed by atoms with E-state index in [2.05, 4.69) is 13.8 Å². The third-order valence-corrected chi connectivity index (χ3v) is 4.14. The first-order chi connectivity index (χ1) is 10.6. The third kappa shape index (κ3) is 4.17. The van der Waals surface area contributed by atoms with Crippen molar-refractivity contribution in [2.24, 2.45) is 0 Å². The molecule has 0 spiro atoms. The van der Waals surface area contributed by atoms with E-state index in [1.54, 1.807) is 5.06 Å². The highest BCUT2D eigenvalue weighted by Gasteiger charge is 2.27. The van der Waals surface area contributed by atoms with Crippen molar-refractivity contribution >= 4 is 12.3 Å². The molecule has 1 saturated heterocycles. The molecular formula is C18H25NO3. The minimum absolute atomic E-state index is 0.163. The molecule has 22 heavy (non-hydrogen) atoms. The summed E-state index contributed by atoms with van der Waals surface area (Å²) in [5, 5.41) is 1.74. The summed E-state index contributed by atoms with van der Waals surface area (Å²) >= 11 is 0. The number of piperidine rings is 1. The fourth-order valence-corrected chi connectivity index (χ4v) is 2.95. The van der Waals surface area contributed by atoms with E-state index in [0.717, 1.165) is 43.3 Å². The highest BCUT2D eigenvalue weighted by Crippen LogP contribution is 2.29. The summed E-state index contributed by atoms with van der Waals surface area (Å²) in [5.41, 5.74) is 2.01. The van der Waals surface area contributed by atoms with Crippen LogP contribution in [0.15, 0.2) is 24.3 Å². The molecule has 1 aromatic carbocycles. The number of rotatable bonds is 6. The highest BCUT2D eigenvalue weighted by atomic mass is 16.7. The van der Waals surface area contributed by atoms with Crippen LogP contribution in [0.4, 0.5) is 0 Å². The lowest BCUT2D eigenvalue weighted by Gasteiger charge is -2.27. The first kappa shape index (κ1) is 16.7. The molecule has 0 aromatic heterocycles. The average Bonchev–Trinajstić information content (AvgIpc) is 2.53. The lowest BCUT2D eigenvalue weighted by Crippen LogP contribution is -2.34. The van der Waals surface area contributed by atoms with Gasteiger partial charge in [0.25, 0.3) is 0 Å². The largest absolute Gasteiger partial charge is 0.367 e. The van der Waals surface area contributed by atoms with Crippen molar-refractivity contribution in [2.45, 2.75) is 51.4 Å². The van der Waals surface area contributed by atoms with Gasteiger partial charge < -0.3 is 9.63 Å². The zero-order valence-electron chi connectivity index (χ0n) is 13.5. The van der Waals surface area contributed by atoms with Crippen LogP contribution >= 0.6 is 0 Å². The summed E-state index contributed by atoms with van der Waals surface area (Å²) in [5.74, 6) is -0.534. The first-order valence-corrected chi connectivity index (χ1v) is 8.12. The van der Waals surface area contributed by atoms with Gasteiger partial charge in [-0.3, -0.25) is 0 Å². The molecule has 0 N–H and O–H groups in total. The molecular weight excluding hydrogens is 278 g/mol. The first-order valence-electron chi connectivity index (χ1n) is 8.12. The van der Waals surface area contributed by atoms with Crippen LogP contribution in [0.5, 0.6) is 0 Å². The van der Waals surface area contributed by atoms with Gasteiger partial charge in [-0.2, -0.15) is 0 Å². The van der Waals surface area contributed by atoms with Gasteiger partial charge in [0.15, 0.2) is 0 Å². The molecule has 0 saturated carbocycles. The van der Waals surface area contributed by atoms with Crippen LogP contribution in [-0.2, 0) is 14.4 Å². The Kier molecular flexibility index (Phi) is 6.13. The second kappa shape index (κ2) is 8.08. The fraction of sp³-hybridized carbons (Fsp3) is 0.556. The Bertz CT molecular complexity index is 507. The molecule has 1 fully saturated rings. The maximum absolute atomic E-state index is 12.6. The van der Waals surface area contributed by atoms with Crippen LogP contribution in [-0.4, -0.2) is 30.4 Å². The standard InChI is InChI=1S/C18H25NO3/c1-14(2)15-8-4-5-9-16(15)17(10-13-20)18(21)22-19-11-6-3-7-12-19/h4-5,8-9,13-14,17H,3,6-7,10-12H2,1-2H3. The van der Waals surface area contributed by atoms with Crippen molar-refractivity contribution in [1.29, 1.82) is 0 Å². The number of hydrogen-bond donors (Lipinski definition) is 0. The Labute approximate surface area is 132 Å². The molecule has 0 radical (unpaired) electrons. The van der Waals surface area contributed by atoms with Crippen molar-refractivity contribution in [3.05, 3.63) is 35.4 Å². The lowest BCUT2D eigenvalue weighted by atomic mass is 9.87. The monoisotopic (exact) mass is 303 g/mol. The Morgan fingerprint density at radius 3 is 2.41 bits per heavy atom. The Morgan fingerprint density at radius 2 is 1.82 bits per heavy atom. The molecule has 1 atom stereocenters. The van der Waals surface area contributed by atoms with Gasteiger partial charge in [-0.15, -0.1) is 5.06 Å². The second-order valence-corrected chi connectivity index (χ2v) is 6.14. The van der Waals surface area contributed by atoms with Crippen molar-refractivity contribution in [1.82, 2.24) is 5.06 Å². The van der Waals surface area contributed by atoms with Gasteiger partial charge in [0.1, 0.15) is 6.29 Å². The van der Waals surface area contributed by atoms with Crippen LogP contribution < -0.4 is 0 Å². The van der Waals surface area contributed by atoms with E-state index >= 15 is 0 Å². The van der Waals surface area contributed by atoms with Gasteiger partial charge in [-0.1, -0.05) is 44.5 Å². The van der Waals surface area contributed by atoms with Gasteiger partial charge in [-0.25, -0.2) is 4.79 Å². The number of benzene rings is 1. The number of carbonyl (C=O) groups is 2. The zero-order valence-corrected chi connectivity index (χ0v) is 13.5. The smallest absolute Gasteiger partial charge is 0.332 e. The highest BCUT2D eigenvalue weighted by molar-refractivity contribution is 5.81. The average molecular weight is 303 g/mol. The van der Waals surface area contributed by atoms with Crippen LogP contribution in [0.2, 0.25) is 0 Å². The maximum atomic E-state index is 12.6. The predicted octanol–water partition coefficient (Wildman–Crippen LogP) is 3.43. The molecule has 1 aromatic rings. The fourth-order valence-electron chi connectivity index (χ4n) is 2.95. The van der Waals surface area contributed by atoms with Gasteiger partial charge in [0, 0.05) is 19.5 Å². The summed E-state index contributed by atoms with van der Waals surface area (Å²) in [6.07, 6.45) is 4.25. The molecule has 1 heterocycles. The Hall–Kier alpha value is -1.68. The Balaban J connectivity index is 2.18. The number of aldehydes is 1. The minimum Gasteiger partial charge on any atom is -0.367 e. The van der Waals surface area contributed by atoms with Crippen LogP contribution in [0.3, 0.4) is 0 Å². The van der Waals surface area contributed by atoms with E-state index in [9.17, 15) is 9.59 Å². The topological polar surface area (TPSA) is 46.6 Å². The van der Waals surface area contributed by atoms with Crippen molar-refractivity contribution in [2.75, 3.05) is 13.1 Å². The number of hydrogen-bond acceptors (Lipinski definition) is 4. The van der Waals surface area contributed by atoms with E-state index in [4.69, 9.17) is 4.84 Å². The molecule has 0 amide bonds. The summed E-state index contributed by atoms with van der Waals surface area (Å²) < 4.78 is 0. The quantitative estimate of drug-likeness (QED) is 0.755. The van der Waals surface area contributed by atoms with Gasteiger partial charge in [0.2, 0.25) is 0 Å². The van der Waals surface area contributed by atoms with Gasteiger partial charge in [0.05, 0.1) is 5.92 Å². The van der Waals surface area contributed by atoms with Crippen molar-refractivity contribution < 1.29 is 14.4 Å². The van der Waals surface area contributed by atoms with E-state index in [1.807, 2.05) is 24.3 Å². The van der Waals surface area contributed by atoms with Crippen molar-refractivity contribution in [3.8, 4) is 0 Å². The van der Waals surface area contributed by atoms with Crippen molar-refractivity contribution in [3.63, 3.8) is 0 Å². The molecule has 0 bridgehead atoms. The van der Waals surface area contributed by atoms with Gasteiger partial charge in [-0.05, 0) is 29.9 Å². The third-order valence-electron chi connectivity index (χ3n) is 4.14. The van der Waals surface area contributed by atoms with Crippen LogP contribution in [0.25, 0.3) is 0 Å². The molecule has 4 heteroatoms. The number of carbonyl (C=O) groups excluding carboxylic acids is 2. The summed E-state index contributed by atoms with van der Waals surface area (Å²) in [7, 11) is 0. The molecule has 1 aliphatic heterocycles. The summed E-state index contributed by atoms with van der Waals surface area (Å²) in [4.78, 5) is 29.1. The SMILES string of the molecule is CC(C)c1ccccc1C(CC=O)C(=O)ON1CCCCC1. The van der Waals surface area contributed by atoms with Crippen LogP contribution in [0, 0.1) is 0 Å². The second-order valence-electron chi connectivity index (χ2n) is 6.14. The van der Waals surface area contributed by atoms with E-state index in [1.165, 1.54) is 6.42 Å². The molecule has 0 aliphatic carbocycles. The molecule has 120 valence electrons. The zero-order chi connectivity index (χ0) is 15.9.